The molecule has 0 unspecified atom stereocenters. The van der Waals surface area contributed by atoms with Gasteiger partial charge in [0.2, 0.25) is 0 Å². The molecule has 0 atom stereocenters. The maximum absolute atomic E-state index is 6.39. The molecule has 0 saturated heterocycles. The van der Waals surface area contributed by atoms with Crippen LogP contribution in [0.1, 0.15) is 0 Å². The number of fused-ring (bicyclic) bond motifs is 7. The molecule has 0 fully saturated rings. The topological polar surface area (TPSA) is 21.3 Å². The van der Waals surface area contributed by atoms with Gasteiger partial charge in [-0.3, -0.25) is 0 Å². The van der Waals surface area contributed by atoms with Crippen molar-refractivity contribution < 1.29 is 4.42 Å². The Bertz CT molecular complexity index is 3520. The highest BCUT2D eigenvalue weighted by atomic mass is 16.3. The molecule has 286 valence electrons. The van der Waals surface area contributed by atoms with Crippen molar-refractivity contribution in [2.75, 3.05) is 4.90 Å². The van der Waals surface area contributed by atoms with E-state index in [0.29, 0.717) is 0 Å². The van der Waals surface area contributed by atoms with E-state index in [1.165, 1.54) is 66.1 Å². The van der Waals surface area contributed by atoms with Crippen LogP contribution in [0, 0.1) is 0 Å². The third-order valence-electron chi connectivity index (χ3n) is 12.2. The standard InChI is InChI=1S/C58H38N2O/c1-2-15-46-41(13-1)14-11-20-47(46)42-33-37-45(38-34-42)59(55-24-12-26-57-58(55)51-19-6-10-25-56(51)61-57)44-35-31-40(32-36-44)39-27-29-43(30-28-39)48-16-3-7-21-52(48)60-53-22-8-4-17-49(53)50-18-5-9-23-54(50)60/h1-38H. The van der Waals surface area contributed by atoms with Crippen LogP contribution >= 0.6 is 0 Å². The summed E-state index contributed by atoms with van der Waals surface area (Å²) >= 11 is 0. The molecule has 0 N–H and O–H groups in total. The van der Waals surface area contributed by atoms with Crippen molar-refractivity contribution in [3.8, 4) is 39.1 Å². The molecule has 12 rings (SSSR count). The van der Waals surface area contributed by atoms with Gasteiger partial charge in [0.1, 0.15) is 11.2 Å². The van der Waals surface area contributed by atoms with Crippen LogP contribution in [-0.2, 0) is 0 Å². The second kappa shape index (κ2) is 14.3. The molecule has 2 heterocycles. The van der Waals surface area contributed by atoms with Gasteiger partial charge in [0.05, 0.1) is 27.8 Å². The van der Waals surface area contributed by atoms with Crippen LogP contribution in [0.2, 0.25) is 0 Å². The van der Waals surface area contributed by atoms with E-state index < -0.39 is 0 Å². The molecule has 0 bridgehead atoms. The lowest BCUT2D eigenvalue weighted by Gasteiger charge is -2.26. The fraction of sp³-hybridized carbons (Fsp3) is 0. The molecule has 3 nitrogen and oxygen atoms in total. The minimum atomic E-state index is 0.868. The number of furan rings is 1. The van der Waals surface area contributed by atoms with E-state index in [4.69, 9.17) is 4.42 Å². The zero-order valence-corrected chi connectivity index (χ0v) is 33.2. The Kier molecular flexibility index (Phi) is 8.17. The normalized spacial score (nSPS) is 11.6. The van der Waals surface area contributed by atoms with Crippen LogP contribution in [0.5, 0.6) is 0 Å². The van der Waals surface area contributed by atoms with E-state index >= 15 is 0 Å². The maximum Gasteiger partial charge on any atom is 0.137 e. The molecular formula is C58H38N2O. The monoisotopic (exact) mass is 778 g/mol. The van der Waals surface area contributed by atoms with E-state index in [2.05, 4.69) is 228 Å². The fourth-order valence-electron chi connectivity index (χ4n) is 9.38. The van der Waals surface area contributed by atoms with E-state index in [9.17, 15) is 0 Å². The number of rotatable bonds is 7. The molecule has 0 aliphatic heterocycles. The lowest BCUT2D eigenvalue weighted by atomic mass is 9.97. The largest absolute Gasteiger partial charge is 0.456 e. The van der Waals surface area contributed by atoms with Gasteiger partial charge in [-0.1, -0.05) is 170 Å². The van der Waals surface area contributed by atoms with E-state index in [1.807, 2.05) is 12.1 Å². The molecule has 10 aromatic carbocycles. The number of benzene rings is 10. The first-order valence-corrected chi connectivity index (χ1v) is 20.8. The van der Waals surface area contributed by atoms with Crippen molar-refractivity contribution in [1.29, 1.82) is 0 Å². The zero-order chi connectivity index (χ0) is 40.3. The SMILES string of the molecule is c1ccc(-n2c3ccccc3c3ccccc32)c(-c2ccc(-c3ccc(N(c4ccc(-c5cccc6ccccc56)cc4)c4cccc5oc6ccccc6c45)cc3)cc2)c1. The minimum Gasteiger partial charge on any atom is -0.456 e. The summed E-state index contributed by atoms with van der Waals surface area (Å²) in [4.78, 5) is 2.36. The second-order valence-electron chi connectivity index (χ2n) is 15.7. The zero-order valence-electron chi connectivity index (χ0n) is 33.2. The molecule has 2 aromatic heterocycles. The number of nitrogens with zero attached hydrogens (tertiary/aromatic N) is 2. The van der Waals surface area contributed by atoms with Crippen LogP contribution < -0.4 is 4.90 Å². The molecule has 61 heavy (non-hydrogen) atoms. The molecular weight excluding hydrogens is 741 g/mol. The molecule has 3 heteroatoms. The van der Waals surface area contributed by atoms with Gasteiger partial charge in [0.15, 0.2) is 0 Å². The van der Waals surface area contributed by atoms with Gasteiger partial charge in [-0.2, -0.15) is 0 Å². The summed E-state index contributed by atoms with van der Waals surface area (Å²) < 4.78 is 8.79. The minimum absolute atomic E-state index is 0.868. The highest BCUT2D eigenvalue weighted by molar-refractivity contribution is 6.13. The van der Waals surface area contributed by atoms with Crippen LogP contribution in [0.4, 0.5) is 17.1 Å². The molecule has 0 aliphatic carbocycles. The summed E-state index contributed by atoms with van der Waals surface area (Å²) in [5.74, 6) is 0. The van der Waals surface area contributed by atoms with Crippen molar-refractivity contribution in [3.05, 3.63) is 231 Å². The van der Waals surface area contributed by atoms with E-state index in [-0.39, 0.29) is 0 Å². The highest BCUT2D eigenvalue weighted by Gasteiger charge is 2.20. The van der Waals surface area contributed by atoms with E-state index in [1.54, 1.807) is 0 Å². The molecule has 0 radical (unpaired) electrons. The first-order chi connectivity index (χ1) is 30.3. The Labute approximate surface area is 353 Å². The Morgan fingerprint density at radius 3 is 1.52 bits per heavy atom. The predicted molar refractivity (Wildman–Crippen MR) is 257 cm³/mol. The third kappa shape index (κ3) is 5.82. The Hall–Kier alpha value is -8.14. The van der Waals surface area contributed by atoms with Gasteiger partial charge < -0.3 is 13.9 Å². The van der Waals surface area contributed by atoms with Crippen LogP contribution in [0.15, 0.2) is 235 Å². The van der Waals surface area contributed by atoms with Gasteiger partial charge in [0, 0.05) is 33.1 Å². The van der Waals surface area contributed by atoms with Crippen molar-refractivity contribution >= 4 is 71.6 Å². The second-order valence-corrected chi connectivity index (χ2v) is 15.7. The maximum atomic E-state index is 6.39. The third-order valence-corrected chi connectivity index (χ3v) is 12.2. The fourth-order valence-corrected chi connectivity index (χ4v) is 9.38. The molecule has 0 spiro atoms. The molecule has 12 aromatic rings. The van der Waals surface area contributed by atoms with Gasteiger partial charge in [-0.05, 0) is 99.3 Å². The Balaban J connectivity index is 0.925. The molecule has 0 aliphatic rings. The van der Waals surface area contributed by atoms with Crippen molar-refractivity contribution in [1.82, 2.24) is 4.57 Å². The molecule has 0 saturated carbocycles. The number of hydrogen-bond acceptors (Lipinski definition) is 2. The summed E-state index contributed by atoms with van der Waals surface area (Å²) in [5, 5.41) is 7.21. The van der Waals surface area contributed by atoms with Gasteiger partial charge in [-0.25, -0.2) is 0 Å². The average Bonchev–Trinajstić information content (AvgIpc) is 3.88. The Morgan fingerprint density at radius 2 is 0.803 bits per heavy atom. The summed E-state index contributed by atoms with van der Waals surface area (Å²) in [6.07, 6.45) is 0. The summed E-state index contributed by atoms with van der Waals surface area (Å²) in [5.41, 5.74) is 15.6. The summed E-state index contributed by atoms with van der Waals surface area (Å²) in [7, 11) is 0. The van der Waals surface area contributed by atoms with Crippen molar-refractivity contribution in [2.45, 2.75) is 0 Å². The van der Waals surface area contributed by atoms with Crippen molar-refractivity contribution in [3.63, 3.8) is 0 Å². The first-order valence-electron chi connectivity index (χ1n) is 20.8. The summed E-state index contributed by atoms with van der Waals surface area (Å²) in [6.45, 7) is 0. The van der Waals surface area contributed by atoms with Gasteiger partial charge in [0.25, 0.3) is 0 Å². The predicted octanol–water partition coefficient (Wildman–Crippen LogP) is 16.3. The average molecular weight is 779 g/mol. The number of hydrogen-bond donors (Lipinski definition) is 0. The lowest BCUT2D eigenvalue weighted by molar-refractivity contribution is 0.669. The lowest BCUT2D eigenvalue weighted by Crippen LogP contribution is -2.10. The van der Waals surface area contributed by atoms with Gasteiger partial charge in [-0.15, -0.1) is 0 Å². The van der Waals surface area contributed by atoms with Crippen molar-refractivity contribution in [2.24, 2.45) is 0 Å². The number of aromatic nitrogens is 1. The van der Waals surface area contributed by atoms with Crippen LogP contribution in [0.25, 0.3) is 93.6 Å². The summed E-state index contributed by atoms with van der Waals surface area (Å²) in [6, 6.07) is 82.8. The number of para-hydroxylation sites is 4. The van der Waals surface area contributed by atoms with Crippen LogP contribution in [-0.4, -0.2) is 4.57 Å². The molecule has 0 amide bonds. The first kappa shape index (κ1) is 34.9. The smallest absolute Gasteiger partial charge is 0.137 e. The van der Waals surface area contributed by atoms with E-state index in [0.717, 1.165) is 44.6 Å². The number of anilines is 3. The van der Waals surface area contributed by atoms with Gasteiger partial charge >= 0.3 is 0 Å². The quantitative estimate of drug-likeness (QED) is 0.161. The highest BCUT2D eigenvalue weighted by Crippen LogP contribution is 2.44. The van der Waals surface area contributed by atoms with Crippen LogP contribution in [0.3, 0.4) is 0 Å². The Morgan fingerprint density at radius 1 is 0.328 bits per heavy atom.